The zero-order valence-corrected chi connectivity index (χ0v) is 15.7. The second kappa shape index (κ2) is 9.51. The predicted molar refractivity (Wildman–Crippen MR) is 102 cm³/mol. The molecule has 2 rings (SSSR count). The summed E-state index contributed by atoms with van der Waals surface area (Å²) in [6, 6.07) is 5.26. The molecule has 0 atom stereocenters. The number of nitrogens with zero attached hydrogens (tertiary/aromatic N) is 1. The van der Waals surface area contributed by atoms with Crippen LogP contribution in [0.2, 0.25) is 5.02 Å². The molecule has 3 amide bonds. The third-order valence-corrected chi connectivity index (χ3v) is 4.37. The number of hydrogen-bond acceptors (Lipinski definition) is 3. The zero-order chi connectivity index (χ0) is 18.2. The first kappa shape index (κ1) is 19.4. The molecule has 0 aromatic heterocycles. The summed E-state index contributed by atoms with van der Waals surface area (Å²) in [6.45, 7) is 6.40. The molecule has 0 spiro atoms. The molecule has 1 aliphatic heterocycles. The number of amides is 3. The Morgan fingerprint density at radius 3 is 2.48 bits per heavy atom. The number of piperidine rings is 1. The van der Waals surface area contributed by atoms with Gasteiger partial charge in [-0.15, -0.1) is 0 Å². The van der Waals surface area contributed by atoms with Crippen LogP contribution in [0.1, 0.15) is 33.1 Å². The number of carbonyl (C=O) groups is 2. The van der Waals surface area contributed by atoms with Gasteiger partial charge in [-0.25, -0.2) is 4.79 Å². The number of hydrogen-bond donors (Lipinski definition) is 3. The van der Waals surface area contributed by atoms with Crippen LogP contribution in [0.5, 0.6) is 0 Å². The second-order valence-corrected chi connectivity index (χ2v) is 6.97. The highest BCUT2D eigenvalue weighted by Gasteiger charge is 2.16. The quantitative estimate of drug-likeness (QED) is 0.677. The van der Waals surface area contributed by atoms with Gasteiger partial charge in [0, 0.05) is 37.1 Å². The van der Waals surface area contributed by atoms with E-state index in [2.05, 4.69) is 20.9 Å². The number of benzene rings is 1. The van der Waals surface area contributed by atoms with Crippen LogP contribution in [-0.2, 0) is 4.79 Å². The van der Waals surface area contributed by atoms with Gasteiger partial charge in [-0.3, -0.25) is 4.79 Å². The molecule has 0 unspecified atom stereocenters. The van der Waals surface area contributed by atoms with Crippen molar-refractivity contribution >= 4 is 34.9 Å². The number of halogens is 1. The lowest BCUT2D eigenvalue weighted by molar-refractivity contribution is -0.123. The van der Waals surface area contributed by atoms with E-state index < -0.39 is 0 Å². The van der Waals surface area contributed by atoms with Crippen LogP contribution < -0.4 is 20.9 Å². The molecule has 1 aromatic rings. The topological polar surface area (TPSA) is 73.5 Å². The van der Waals surface area contributed by atoms with E-state index in [0.29, 0.717) is 23.8 Å². The Kier molecular flexibility index (Phi) is 7.37. The van der Waals surface area contributed by atoms with Crippen LogP contribution in [0, 0.1) is 5.92 Å². The van der Waals surface area contributed by atoms with Gasteiger partial charge in [0.05, 0.1) is 11.4 Å². The first-order valence-electron chi connectivity index (χ1n) is 8.84. The van der Waals surface area contributed by atoms with Crippen molar-refractivity contribution in [1.82, 2.24) is 10.6 Å². The number of nitrogens with one attached hydrogen (secondary N) is 3. The van der Waals surface area contributed by atoms with E-state index >= 15 is 0 Å². The van der Waals surface area contributed by atoms with E-state index in [4.69, 9.17) is 11.6 Å². The molecule has 0 aliphatic carbocycles. The minimum atomic E-state index is -0.306. The summed E-state index contributed by atoms with van der Waals surface area (Å²) in [4.78, 5) is 25.9. The van der Waals surface area contributed by atoms with Gasteiger partial charge in [-0.05, 0) is 37.5 Å². The Morgan fingerprint density at radius 1 is 1.12 bits per heavy atom. The van der Waals surface area contributed by atoms with Crippen LogP contribution in [0.25, 0.3) is 0 Å². The number of rotatable bonds is 6. The average Bonchev–Trinajstić information content (AvgIpc) is 2.59. The Labute approximate surface area is 154 Å². The highest BCUT2D eigenvalue weighted by molar-refractivity contribution is 6.31. The Morgan fingerprint density at radius 2 is 1.80 bits per heavy atom. The highest BCUT2D eigenvalue weighted by Crippen LogP contribution is 2.31. The van der Waals surface area contributed by atoms with E-state index in [1.54, 1.807) is 6.07 Å². The minimum Gasteiger partial charge on any atom is -0.370 e. The zero-order valence-electron chi connectivity index (χ0n) is 14.9. The summed E-state index contributed by atoms with van der Waals surface area (Å²) in [5.41, 5.74) is 1.70. The molecular formula is C18H27ClN4O2. The lowest BCUT2D eigenvalue weighted by atomic mass is 10.1. The van der Waals surface area contributed by atoms with Crippen molar-refractivity contribution in [3.05, 3.63) is 23.2 Å². The van der Waals surface area contributed by atoms with Crippen molar-refractivity contribution in [2.24, 2.45) is 5.92 Å². The monoisotopic (exact) mass is 366 g/mol. The van der Waals surface area contributed by atoms with Gasteiger partial charge in [0.15, 0.2) is 0 Å². The fourth-order valence-corrected chi connectivity index (χ4v) is 2.92. The molecule has 1 heterocycles. The van der Waals surface area contributed by atoms with E-state index in [-0.39, 0.29) is 17.9 Å². The first-order chi connectivity index (χ1) is 12.0. The molecule has 0 bridgehead atoms. The van der Waals surface area contributed by atoms with Gasteiger partial charge < -0.3 is 20.9 Å². The van der Waals surface area contributed by atoms with E-state index in [1.165, 1.54) is 6.42 Å². The van der Waals surface area contributed by atoms with Crippen LogP contribution in [0.15, 0.2) is 18.2 Å². The van der Waals surface area contributed by atoms with Gasteiger partial charge in [0.2, 0.25) is 5.91 Å². The Hall–Kier alpha value is -1.95. The number of anilines is 2. The average molecular weight is 367 g/mol. The maximum atomic E-state index is 12.1. The van der Waals surface area contributed by atoms with E-state index in [9.17, 15) is 9.59 Å². The van der Waals surface area contributed by atoms with Gasteiger partial charge in [0.25, 0.3) is 0 Å². The molecule has 1 saturated heterocycles. The minimum absolute atomic E-state index is 0.0237. The third kappa shape index (κ3) is 6.12. The highest BCUT2D eigenvalue weighted by atomic mass is 35.5. The smallest absolute Gasteiger partial charge is 0.319 e. The van der Waals surface area contributed by atoms with Gasteiger partial charge in [-0.1, -0.05) is 25.4 Å². The lowest BCUT2D eigenvalue weighted by Crippen LogP contribution is -2.38. The van der Waals surface area contributed by atoms with Crippen LogP contribution in [0.3, 0.4) is 0 Å². The standard InChI is InChI=1S/C18H27ClN4O2/c1-13(2)17(24)20-8-9-21-18(25)22-15-12-14(19)6-7-16(15)23-10-4-3-5-11-23/h6-7,12-13H,3-5,8-11H2,1-2H3,(H,20,24)(H2,21,22,25). The first-order valence-corrected chi connectivity index (χ1v) is 9.22. The summed E-state index contributed by atoms with van der Waals surface area (Å²) in [5.74, 6) is -0.0863. The maximum absolute atomic E-state index is 12.1. The molecule has 1 fully saturated rings. The summed E-state index contributed by atoms with van der Waals surface area (Å²) in [6.07, 6.45) is 3.56. The van der Waals surface area contributed by atoms with Crippen molar-refractivity contribution in [1.29, 1.82) is 0 Å². The molecule has 0 radical (unpaired) electrons. The summed E-state index contributed by atoms with van der Waals surface area (Å²) >= 11 is 6.09. The molecule has 7 heteroatoms. The Balaban J connectivity index is 1.89. The van der Waals surface area contributed by atoms with Crippen LogP contribution >= 0.6 is 11.6 Å². The lowest BCUT2D eigenvalue weighted by Gasteiger charge is -2.30. The number of urea groups is 1. The molecule has 25 heavy (non-hydrogen) atoms. The van der Waals surface area contributed by atoms with Crippen molar-refractivity contribution in [2.75, 3.05) is 36.4 Å². The van der Waals surface area contributed by atoms with E-state index in [1.807, 2.05) is 26.0 Å². The van der Waals surface area contributed by atoms with Gasteiger partial charge >= 0.3 is 6.03 Å². The summed E-state index contributed by atoms with van der Waals surface area (Å²) in [7, 11) is 0. The molecule has 0 saturated carbocycles. The summed E-state index contributed by atoms with van der Waals surface area (Å²) in [5, 5.41) is 8.97. The fraction of sp³-hybridized carbons (Fsp3) is 0.556. The SMILES string of the molecule is CC(C)C(=O)NCCNC(=O)Nc1cc(Cl)ccc1N1CCCCC1. The molecular weight excluding hydrogens is 340 g/mol. The van der Waals surface area contributed by atoms with E-state index in [0.717, 1.165) is 31.6 Å². The molecule has 138 valence electrons. The molecule has 1 aromatic carbocycles. The third-order valence-electron chi connectivity index (χ3n) is 4.14. The second-order valence-electron chi connectivity index (χ2n) is 6.54. The van der Waals surface area contributed by atoms with Gasteiger partial charge in [-0.2, -0.15) is 0 Å². The Bertz CT molecular complexity index is 601. The number of carbonyl (C=O) groups excluding carboxylic acids is 2. The van der Waals surface area contributed by atoms with Gasteiger partial charge in [0.1, 0.15) is 0 Å². The predicted octanol–water partition coefficient (Wildman–Crippen LogP) is 3.22. The fourth-order valence-electron chi connectivity index (χ4n) is 2.75. The molecule has 1 aliphatic rings. The molecule has 6 nitrogen and oxygen atoms in total. The summed E-state index contributed by atoms with van der Waals surface area (Å²) < 4.78 is 0. The normalized spacial score (nSPS) is 14.3. The van der Waals surface area contributed by atoms with Crippen molar-refractivity contribution < 1.29 is 9.59 Å². The van der Waals surface area contributed by atoms with Crippen LogP contribution in [-0.4, -0.2) is 38.1 Å². The van der Waals surface area contributed by atoms with Crippen LogP contribution in [0.4, 0.5) is 16.2 Å². The van der Waals surface area contributed by atoms with Crippen molar-refractivity contribution in [3.8, 4) is 0 Å². The van der Waals surface area contributed by atoms with Crippen molar-refractivity contribution in [3.63, 3.8) is 0 Å². The maximum Gasteiger partial charge on any atom is 0.319 e. The largest absolute Gasteiger partial charge is 0.370 e. The van der Waals surface area contributed by atoms with Crippen molar-refractivity contribution in [2.45, 2.75) is 33.1 Å². The molecule has 3 N–H and O–H groups in total.